The molecule has 0 saturated heterocycles. The maximum atomic E-state index is 11.3. The van der Waals surface area contributed by atoms with Crippen molar-refractivity contribution in [3.63, 3.8) is 0 Å². The van der Waals surface area contributed by atoms with Gasteiger partial charge in [0.1, 0.15) is 0 Å². The molecule has 0 radical (unpaired) electrons. The molecule has 0 saturated carbocycles. The van der Waals surface area contributed by atoms with E-state index in [9.17, 15) is 8.42 Å². The lowest BCUT2D eigenvalue weighted by atomic mass is 10.3. The quantitative estimate of drug-likeness (QED) is 0.700. The summed E-state index contributed by atoms with van der Waals surface area (Å²) in [5.74, 6) is 0.0834. The van der Waals surface area contributed by atoms with Gasteiger partial charge in [-0.1, -0.05) is 24.3 Å². The molecule has 0 amide bonds. The highest BCUT2D eigenvalue weighted by Crippen LogP contribution is 2.03. The Morgan fingerprint density at radius 3 is 2.80 bits per heavy atom. The second-order valence-electron chi connectivity index (χ2n) is 3.54. The molecule has 0 bridgehead atoms. The SMILES string of the molecule is C=C(C)Cn1cc(CS(=O)(=O)CC)nn1. The van der Waals surface area contributed by atoms with E-state index in [1.807, 2.05) is 6.92 Å². The summed E-state index contributed by atoms with van der Waals surface area (Å²) >= 11 is 0. The third-order valence-electron chi connectivity index (χ3n) is 1.83. The van der Waals surface area contributed by atoms with Crippen molar-refractivity contribution in [1.29, 1.82) is 0 Å². The largest absolute Gasteiger partial charge is 0.248 e. The Labute approximate surface area is 89.7 Å². The van der Waals surface area contributed by atoms with Gasteiger partial charge in [0.15, 0.2) is 9.84 Å². The lowest BCUT2D eigenvalue weighted by Gasteiger charge is -1.97. The van der Waals surface area contributed by atoms with Crippen molar-refractivity contribution in [3.05, 3.63) is 24.0 Å². The molecule has 0 fully saturated rings. The average molecular weight is 229 g/mol. The molecule has 0 N–H and O–H groups in total. The molecule has 0 unspecified atom stereocenters. The summed E-state index contributed by atoms with van der Waals surface area (Å²) in [6.07, 6.45) is 1.64. The van der Waals surface area contributed by atoms with Crippen LogP contribution in [0.5, 0.6) is 0 Å². The van der Waals surface area contributed by atoms with Crippen molar-refractivity contribution < 1.29 is 8.42 Å². The highest BCUT2D eigenvalue weighted by atomic mass is 32.2. The molecule has 0 aliphatic heterocycles. The molecule has 0 aliphatic carbocycles. The second kappa shape index (κ2) is 4.57. The zero-order chi connectivity index (χ0) is 11.5. The minimum Gasteiger partial charge on any atom is -0.248 e. The molecule has 6 heteroatoms. The van der Waals surface area contributed by atoms with Gasteiger partial charge in [0.05, 0.1) is 18.0 Å². The van der Waals surface area contributed by atoms with E-state index in [4.69, 9.17) is 0 Å². The van der Waals surface area contributed by atoms with Crippen molar-refractivity contribution in [1.82, 2.24) is 15.0 Å². The van der Waals surface area contributed by atoms with Gasteiger partial charge in [-0.2, -0.15) is 0 Å². The van der Waals surface area contributed by atoms with E-state index in [0.717, 1.165) is 5.57 Å². The van der Waals surface area contributed by atoms with E-state index in [1.54, 1.807) is 17.8 Å². The molecule has 1 aromatic heterocycles. The van der Waals surface area contributed by atoms with Crippen LogP contribution < -0.4 is 0 Å². The van der Waals surface area contributed by atoms with Gasteiger partial charge in [-0.15, -0.1) is 5.10 Å². The normalized spacial score (nSPS) is 11.6. The fraction of sp³-hybridized carbons (Fsp3) is 0.556. The van der Waals surface area contributed by atoms with Gasteiger partial charge in [0, 0.05) is 11.9 Å². The Bertz CT molecular complexity index is 448. The standard InChI is InChI=1S/C9H15N3O2S/c1-4-15(13,14)7-9-6-12(11-10-9)5-8(2)3/h6H,2,4-5,7H2,1,3H3. The Morgan fingerprint density at radius 1 is 1.60 bits per heavy atom. The zero-order valence-corrected chi connectivity index (χ0v) is 9.79. The summed E-state index contributed by atoms with van der Waals surface area (Å²) in [7, 11) is -3.03. The van der Waals surface area contributed by atoms with E-state index in [1.165, 1.54) is 0 Å². The minimum absolute atomic E-state index is 0.0420. The number of hydrogen-bond donors (Lipinski definition) is 0. The van der Waals surface area contributed by atoms with Crippen LogP contribution in [-0.2, 0) is 22.1 Å². The van der Waals surface area contributed by atoms with E-state index in [2.05, 4.69) is 16.9 Å². The van der Waals surface area contributed by atoms with E-state index >= 15 is 0 Å². The summed E-state index contributed by atoms with van der Waals surface area (Å²) in [5.41, 5.74) is 1.43. The molecule has 5 nitrogen and oxygen atoms in total. The van der Waals surface area contributed by atoms with Crippen LogP contribution in [0, 0.1) is 0 Å². The van der Waals surface area contributed by atoms with Crippen LogP contribution >= 0.6 is 0 Å². The Hall–Kier alpha value is -1.17. The lowest BCUT2D eigenvalue weighted by molar-refractivity contribution is 0.595. The fourth-order valence-corrected chi connectivity index (χ4v) is 1.87. The van der Waals surface area contributed by atoms with Crippen LogP contribution in [0.3, 0.4) is 0 Å². The van der Waals surface area contributed by atoms with Gasteiger partial charge in [0.25, 0.3) is 0 Å². The van der Waals surface area contributed by atoms with Crippen molar-refractivity contribution in [2.45, 2.75) is 26.1 Å². The van der Waals surface area contributed by atoms with Gasteiger partial charge in [0.2, 0.25) is 0 Å². The fourth-order valence-electron chi connectivity index (χ4n) is 1.09. The molecule has 1 rings (SSSR count). The van der Waals surface area contributed by atoms with Crippen LogP contribution in [-0.4, -0.2) is 29.2 Å². The smallest absolute Gasteiger partial charge is 0.155 e. The number of aromatic nitrogens is 3. The molecular weight excluding hydrogens is 214 g/mol. The molecule has 0 aromatic carbocycles. The number of hydrogen-bond acceptors (Lipinski definition) is 4. The summed E-state index contributed by atoms with van der Waals surface area (Å²) in [6, 6.07) is 0. The maximum absolute atomic E-state index is 11.3. The minimum atomic E-state index is -3.03. The van der Waals surface area contributed by atoms with Crippen molar-refractivity contribution in [2.75, 3.05) is 5.75 Å². The van der Waals surface area contributed by atoms with Gasteiger partial charge in [-0.05, 0) is 6.92 Å². The van der Waals surface area contributed by atoms with E-state index < -0.39 is 9.84 Å². The van der Waals surface area contributed by atoms with Gasteiger partial charge in [-0.3, -0.25) is 0 Å². The molecule has 84 valence electrons. The molecule has 15 heavy (non-hydrogen) atoms. The Kier molecular flexibility index (Phi) is 3.62. The Balaban J connectivity index is 2.73. The molecule has 1 heterocycles. The van der Waals surface area contributed by atoms with Crippen LogP contribution in [0.15, 0.2) is 18.3 Å². The number of nitrogens with zero attached hydrogens (tertiary/aromatic N) is 3. The maximum Gasteiger partial charge on any atom is 0.155 e. The molecule has 0 atom stereocenters. The summed E-state index contributed by atoms with van der Waals surface area (Å²) in [4.78, 5) is 0. The third kappa shape index (κ3) is 3.83. The number of rotatable bonds is 5. The van der Waals surface area contributed by atoms with Crippen LogP contribution in [0.2, 0.25) is 0 Å². The number of allylic oxidation sites excluding steroid dienone is 1. The lowest BCUT2D eigenvalue weighted by Crippen LogP contribution is -2.06. The van der Waals surface area contributed by atoms with Gasteiger partial charge >= 0.3 is 0 Å². The monoisotopic (exact) mass is 229 g/mol. The van der Waals surface area contributed by atoms with Crippen LogP contribution in [0.25, 0.3) is 0 Å². The highest BCUT2D eigenvalue weighted by Gasteiger charge is 2.11. The summed E-state index contributed by atoms with van der Waals surface area (Å²) < 4.78 is 24.2. The Morgan fingerprint density at radius 2 is 2.27 bits per heavy atom. The van der Waals surface area contributed by atoms with Crippen molar-refractivity contribution in [2.24, 2.45) is 0 Å². The highest BCUT2D eigenvalue weighted by molar-refractivity contribution is 7.90. The first-order chi connectivity index (χ1) is 6.93. The molecule has 0 aliphatic rings. The molecule has 1 aromatic rings. The first-order valence-corrected chi connectivity index (χ1v) is 6.49. The van der Waals surface area contributed by atoms with Gasteiger partial charge < -0.3 is 0 Å². The van der Waals surface area contributed by atoms with Crippen LogP contribution in [0.4, 0.5) is 0 Å². The molecule has 0 spiro atoms. The van der Waals surface area contributed by atoms with E-state index in [0.29, 0.717) is 12.2 Å². The number of sulfone groups is 1. The second-order valence-corrected chi connectivity index (χ2v) is 5.89. The predicted molar refractivity (Wildman–Crippen MR) is 58.0 cm³/mol. The molecular formula is C9H15N3O2S. The third-order valence-corrected chi connectivity index (χ3v) is 3.44. The first kappa shape index (κ1) is 11.9. The zero-order valence-electron chi connectivity index (χ0n) is 8.97. The predicted octanol–water partition coefficient (Wildman–Crippen LogP) is 0.789. The average Bonchev–Trinajstić information content (AvgIpc) is 2.50. The van der Waals surface area contributed by atoms with Gasteiger partial charge in [-0.25, -0.2) is 13.1 Å². The van der Waals surface area contributed by atoms with Crippen LogP contribution in [0.1, 0.15) is 19.5 Å². The summed E-state index contributed by atoms with van der Waals surface area (Å²) in [5, 5.41) is 7.61. The van der Waals surface area contributed by atoms with E-state index in [-0.39, 0.29) is 11.5 Å². The summed E-state index contributed by atoms with van der Waals surface area (Å²) in [6.45, 7) is 7.81. The topological polar surface area (TPSA) is 64.8 Å². The van der Waals surface area contributed by atoms with Crippen molar-refractivity contribution in [3.8, 4) is 0 Å². The first-order valence-electron chi connectivity index (χ1n) is 4.67. The van der Waals surface area contributed by atoms with Crippen molar-refractivity contribution >= 4 is 9.84 Å².